The van der Waals surface area contributed by atoms with Crippen molar-refractivity contribution in [2.75, 3.05) is 52.3 Å². The zero-order valence-corrected chi connectivity index (χ0v) is 30.1. The van der Waals surface area contributed by atoms with Gasteiger partial charge in [-0.3, -0.25) is 9.59 Å². The molecule has 6 rings (SSSR count). The number of carbonyl (C=O) groups excluding carboxylic acids is 2. The van der Waals surface area contributed by atoms with Crippen molar-refractivity contribution in [2.24, 2.45) is 11.8 Å². The number of allylic oxidation sites excluding steroid dienone is 1. The molecule has 0 spiro atoms. The van der Waals surface area contributed by atoms with Crippen molar-refractivity contribution in [3.8, 4) is 5.75 Å². The first-order valence-electron chi connectivity index (χ1n) is 17.1. The molecule has 3 aliphatic heterocycles. The summed E-state index contributed by atoms with van der Waals surface area (Å²) in [7, 11) is -0.0644. The highest BCUT2D eigenvalue weighted by atomic mass is 35.5. The standard InChI is InChI=1S/C36H47ClN4O7S/c1-39(2)49(45,46)38-35(43)36(44)21-34(42)40(3)16-13-24-14-17-47-33(18-24)30-11-8-26(30)22-41-15-5-4-6-25-19-29(37)10-7-27(25)23-48-32-12-9-28(36)20-31(32)41/h7-10,12,19-20,24,30,33,44H,4-6,11,13-18,21-23H2,1-3H3,(H,38,43)/t24-,30+,33-,36+/m0/s1. The second-order valence-electron chi connectivity index (χ2n) is 14.0. The molecule has 0 aromatic heterocycles. The van der Waals surface area contributed by atoms with Crippen LogP contribution in [0.3, 0.4) is 0 Å². The third-order valence-corrected chi connectivity index (χ3v) is 12.2. The van der Waals surface area contributed by atoms with Gasteiger partial charge in [0.1, 0.15) is 12.4 Å². The minimum atomic E-state index is -4.28. The van der Waals surface area contributed by atoms with Crippen molar-refractivity contribution < 1.29 is 32.6 Å². The number of nitrogens with zero attached hydrogens (tertiary/aromatic N) is 3. The van der Waals surface area contributed by atoms with Crippen molar-refractivity contribution >= 4 is 39.3 Å². The second kappa shape index (κ2) is 14.6. The van der Waals surface area contributed by atoms with E-state index in [1.807, 2.05) is 22.9 Å². The molecule has 2 amide bonds. The molecule has 266 valence electrons. The Bertz CT molecular complexity index is 1720. The van der Waals surface area contributed by atoms with Gasteiger partial charge in [0.25, 0.3) is 5.91 Å². The predicted molar refractivity (Wildman–Crippen MR) is 188 cm³/mol. The summed E-state index contributed by atoms with van der Waals surface area (Å²) in [6, 6.07) is 10.7. The maximum absolute atomic E-state index is 13.9. The van der Waals surface area contributed by atoms with Crippen molar-refractivity contribution in [3.05, 3.63) is 69.8 Å². The van der Waals surface area contributed by atoms with Gasteiger partial charge in [-0.1, -0.05) is 29.8 Å². The van der Waals surface area contributed by atoms with Crippen LogP contribution in [0, 0.1) is 11.8 Å². The highest BCUT2D eigenvalue weighted by Gasteiger charge is 2.44. The Labute approximate surface area is 294 Å². The number of nitrogens with one attached hydrogen (secondary N) is 1. The van der Waals surface area contributed by atoms with Crippen LogP contribution in [-0.4, -0.2) is 88.0 Å². The molecular formula is C36H47ClN4O7S. The van der Waals surface area contributed by atoms with Crippen LogP contribution in [0.2, 0.25) is 5.02 Å². The van der Waals surface area contributed by atoms with E-state index >= 15 is 0 Å². The van der Waals surface area contributed by atoms with Gasteiger partial charge in [-0.2, -0.15) is 12.7 Å². The van der Waals surface area contributed by atoms with E-state index in [-0.39, 0.29) is 24.2 Å². The number of aliphatic hydroxyl groups is 1. The number of halogens is 1. The van der Waals surface area contributed by atoms with E-state index in [0.717, 1.165) is 60.4 Å². The number of anilines is 1. The first-order valence-corrected chi connectivity index (χ1v) is 19.0. The fourth-order valence-electron chi connectivity index (χ4n) is 7.29. The highest BCUT2D eigenvalue weighted by Crippen LogP contribution is 2.42. The summed E-state index contributed by atoms with van der Waals surface area (Å²) in [4.78, 5) is 31.3. The summed E-state index contributed by atoms with van der Waals surface area (Å²) >= 11 is 6.36. The smallest absolute Gasteiger partial charge is 0.303 e. The summed E-state index contributed by atoms with van der Waals surface area (Å²) in [6.45, 7) is 2.66. The van der Waals surface area contributed by atoms with Crippen LogP contribution in [0.25, 0.3) is 0 Å². The van der Waals surface area contributed by atoms with Gasteiger partial charge in [0.05, 0.1) is 18.2 Å². The largest absolute Gasteiger partial charge is 0.487 e. The van der Waals surface area contributed by atoms with E-state index in [1.165, 1.54) is 24.6 Å². The molecule has 4 bridgehead atoms. The molecule has 2 aromatic carbocycles. The number of hydrogen-bond acceptors (Lipinski definition) is 8. The van der Waals surface area contributed by atoms with Crippen LogP contribution in [-0.2, 0) is 43.2 Å². The number of rotatable bonds is 3. The van der Waals surface area contributed by atoms with Crippen molar-refractivity contribution in [1.29, 1.82) is 0 Å². The van der Waals surface area contributed by atoms with Crippen molar-refractivity contribution in [1.82, 2.24) is 13.9 Å². The van der Waals surface area contributed by atoms with Crippen molar-refractivity contribution in [3.63, 3.8) is 0 Å². The molecule has 11 nitrogen and oxygen atoms in total. The number of hydrogen-bond donors (Lipinski definition) is 2. The van der Waals surface area contributed by atoms with Gasteiger partial charge in [0.2, 0.25) is 5.91 Å². The van der Waals surface area contributed by atoms with Crippen LogP contribution in [0.4, 0.5) is 5.69 Å². The molecule has 1 aliphatic carbocycles. The molecule has 0 radical (unpaired) electrons. The third kappa shape index (κ3) is 7.78. The van der Waals surface area contributed by atoms with Crippen LogP contribution >= 0.6 is 11.6 Å². The Balaban J connectivity index is 1.45. The van der Waals surface area contributed by atoms with Gasteiger partial charge in [0, 0.05) is 58.3 Å². The van der Waals surface area contributed by atoms with Gasteiger partial charge < -0.3 is 24.4 Å². The summed E-state index contributed by atoms with van der Waals surface area (Å²) in [5.41, 5.74) is 1.69. The molecule has 2 N–H and O–H groups in total. The van der Waals surface area contributed by atoms with Crippen LogP contribution in [0.5, 0.6) is 5.75 Å². The van der Waals surface area contributed by atoms with E-state index in [1.54, 1.807) is 25.2 Å². The molecule has 3 heterocycles. The number of benzene rings is 2. The number of ether oxygens (including phenoxy) is 2. The minimum Gasteiger partial charge on any atom is -0.487 e. The lowest BCUT2D eigenvalue weighted by atomic mass is 9.75. The van der Waals surface area contributed by atoms with Gasteiger partial charge in [-0.05, 0) is 97.4 Å². The topological polar surface area (TPSA) is 129 Å². The molecule has 4 atom stereocenters. The van der Waals surface area contributed by atoms with E-state index in [9.17, 15) is 23.1 Å². The van der Waals surface area contributed by atoms with Crippen LogP contribution < -0.4 is 14.4 Å². The Hall–Kier alpha value is -3.16. The molecule has 0 unspecified atom stereocenters. The lowest BCUT2D eigenvalue weighted by Gasteiger charge is -2.42. The summed E-state index contributed by atoms with van der Waals surface area (Å²) in [5, 5.41) is 12.9. The van der Waals surface area contributed by atoms with Gasteiger partial charge in [-0.25, -0.2) is 4.72 Å². The molecular weight excluding hydrogens is 668 g/mol. The quantitative estimate of drug-likeness (QED) is 0.454. The maximum Gasteiger partial charge on any atom is 0.303 e. The van der Waals surface area contributed by atoms with E-state index in [0.29, 0.717) is 48.6 Å². The third-order valence-electron chi connectivity index (χ3n) is 10.6. The van der Waals surface area contributed by atoms with Gasteiger partial charge in [0.15, 0.2) is 5.60 Å². The molecule has 2 aromatic rings. The van der Waals surface area contributed by atoms with Crippen LogP contribution in [0.15, 0.2) is 48.0 Å². The zero-order valence-electron chi connectivity index (χ0n) is 28.5. The number of aryl methyl sites for hydroxylation is 1. The Kier molecular flexibility index (Phi) is 10.6. The normalized spacial score (nSPS) is 26.7. The lowest BCUT2D eigenvalue weighted by molar-refractivity contribution is -0.148. The first-order chi connectivity index (χ1) is 23.3. The molecule has 0 saturated carbocycles. The fraction of sp³-hybridized carbons (Fsp3) is 0.556. The second-order valence-corrected chi connectivity index (χ2v) is 16.4. The van der Waals surface area contributed by atoms with Crippen molar-refractivity contribution in [2.45, 2.75) is 69.7 Å². The molecule has 4 aliphatic rings. The monoisotopic (exact) mass is 714 g/mol. The average molecular weight is 715 g/mol. The SMILES string of the molecule is CN1CC[C@H]2CCO[C@@H](C2)[C@@H]2CC=C2CN2CCCCc3cc(Cl)ccc3COc3ccc(cc32)[C@@](O)(C(=O)NS(=O)(=O)N(C)C)CC1=O. The fourth-order valence-corrected chi connectivity index (χ4v) is 8.07. The number of fused-ring (bicyclic) bond motifs is 6. The Morgan fingerprint density at radius 2 is 1.92 bits per heavy atom. The van der Waals surface area contributed by atoms with Gasteiger partial charge >= 0.3 is 10.2 Å². The number of amides is 2. The van der Waals surface area contributed by atoms with E-state index in [4.69, 9.17) is 21.1 Å². The summed E-state index contributed by atoms with van der Waals surface area (Å²) in [6.07, 6.45) is 7.87. The molecule has 13 heteroatoms. The average Bonchev–Trinajstić information content (AvgIpc) is 3.08. The number of carbonyl (C=O) groups is 2. The van der Waals surface area contributed by atoms with E-state index < -0.39 is 34.0 Å². The maximum atomic E-state index is 13.9. The summed E-state index contributed by atoms with van der Waals surface area (Å²) < 4.78 is 41.3. The lowest BCUT2D eigenvalue weighted by Crippen LogP contribution is -2.52. The van der Waals surface area contributed by atoms with Crippen LogP contribution in [0.1, 0.15) is 61.6 Å². The zero-order chi connectivity index (χ0) is 34.9. The summed E-state index contributed by atoms with van der Waals surface area (Å²) in [5.74, 6) is -0.471. The van der Waals surface area contributed by atoms with Gasteiger partial charge in [-0.15, -0.1) is 0 Å². The Morgan fingerprint density at radius 3 is 2.67 bits per heavy atom. The Morgan fingerprint density at radius 1 is 1.10 bits per heavy atom. The highest BCUT2D eigenvalue weighted by molar-refractivity contribution is 7.87. The minimum absolute atomic E-state index is 0.0987. The molecule has 1 fully saturated rings. The predicted octanol–water partition coefficient (Wildman–Crippen LogP) is 4.17. The molecule has 49 heavy (non-hydrogen) atoms. The molecule has 1 saturated heterocycles. The first kappa shape index (κ1) is 35.7. The van der Waals surface area contributed by atoms with E-state index in [2.05, 4.69) is 11.0 Å².